The van der Waals surface area contributed by atoms with E-state index in [1.807, 2.05) is 0 Å². The summed E-state index contributed by atoms with van der Waals surface area (Å²) in [6.07, 6.45) is -0.420. The molecule has 0 saturated carbocycles. The fraction of sp³-hybridized carbons (Fsp3) is 0.273. The lowest BCUT2D eigenvalue weighted by molar-refractivity contribution is -0.396. The van der Waals surface area contributed by atoms with E-state index in [0.717, 1.165) is 19.1 Å². The Morgan fingerprint density at radius 3 is 2.00 bits per heavy atom. The fourth-order valence-corrected chi connectivity index (χ4v) is 1.74. The smallest absolute Gasteiger partial charge is 0.326 e. The van der Waals surface area contributed by atoms with Gasteiger partial charge in [-0.2, -0.15) is 0 Å². The maximum Gasteiger partial charge on any atom is 0.326 e. The monoisotopic (exact) mass is 313 g/mol. The Kier molecular flexibility index (Phi) is 4.95. The van der Waals surface area contributed by atoms with Gasteiger partial charge in [-0.25, -0.2) is 4.79 Å². The van der Waals surface area contributed by atoms with Crippen LogP contribution in [0.1, 0.15) is 12.5 Å². The summed E-state index contributed by atoms with van der Waals surface area (Å²) < 4.78 is 0. The van der Waals surface area contributed by atoms with Crippen LogP contribution < -0.4 is 5.32 Å². The van der Waals surface area contributed by atoms with Gasteiger partial charge in [0.2, 0.25) is 5.91 Å². The molecule has 0 unspecified atom stereocenters. The highest BCUT2D eigenvalue weighted by Crippen LogP contribution is 2.36. The van der Waals surface area contributed by atoms with Crippen LogP contribution in [0.4, 0.5) is 11.4 Å². The molecule has 0 fully saturated rings. The van der Waals surface area contributed by atoms with Crippen molar-refractivity contribution in [1.82, 2.24) is 5.32 Å². The van der Waals surface area contributed by atoms with E-state index < -0.39 is 51.3 Å². The van der Waals surface area contributed by atoms with E-state index in [1.54, 1.807) is 0 Å². The molecule has 11 nitrogen and oxygen atoms in total. The molecule has 1 rings (SSSR count). The van der Waals surface area contributed by atoms with Crippen molar-refractivity contribution in [1.29, 1.82) is 0 Å². The highest BCUT2D eigenvalue weighted by Gasteiger charge is 2.28. The third kappa shape index (κ3) is 3.88. The predicted molar refractivity (Wildman–Crippen MR) is 70.4 cm³/mol. The number of hydrogen-bond acceptors (Lipinski definition) is 7. The van der Waals surface area contributed by atoms with E-state index in [9.17, 15) is 34.9 Å². The van der Waals surface area contributed by atoms with Gasteiger partial charge in [-0.3, -0.25) is 25.0 Å². The van der Waals surface area contributed by atoms with Gasteiger partial charge in [0.25, 0.3) is 5.75 Å². The number of amides is 1. The first-order valence-electron chi connectivity index (χ1n) is 5.78. The number of nitro benzene ring substituents is 2. The van der Waals surface area contributed by atoms with Crippen molar-refractivity contribution in [2.24, 2.45) is 0 Å². The van der Waals surface area contributed by atoms with Crippen LogP contribution in [0, 0.1) is 20.2 Å². The van der Waals surface area contributed by atoms with Crippen LogP contribution >= 0.6 is 0 Å². The lowest BCUT2D eigenvalue weighted by Gasteiger charge is -2.13. The van der Waals surface area contributed by atoms with E-state index in [-0.39, 0.29) is 5.56 Å². The number of hydrogen-bond donors (Lipinski definition) is 3. The van der Waals surface area contributed by atoms with Gasteiger partial charge < -0.3 is 15.5 Å². The molecule has 3 N–H and O–H groups in total. The van der Waals surface area contributed by atoms with Gasteiger partial charge in [-0.1, -0.05) is 0 Å². The zero-order valence-electron chi connectivity index (χ0n) is 11.2. The third-order valence-corrected chi connectivity index (χ3v) is 2.64. The molecule has 22 heavy (non-hydrogen) atoms. The number of aliphatic carboxylic acids is 1. The zero-order valence-corrected chi connectivity index (χ0v) is 11.2. The molecule has 0 radical (unpaired) electrons. The van der Waals surface area contributed by atoms with Gasteiger partial charge in [0.05, 0.1) is 9.85 Å². The summed E-state index contributed by atoms with van der Waals surface area (Å²) in [7, 11) is 0. The average Bonchev–Trinajstić information content (AvgIpc) is 2.38. The number of nitrogens with zero attached hydrogens (tertiary/aromatic N) is 2. The predicted octanol–water partition coefficient (Wildman–Crippen LogP) is 0.340. The van der Waals surface area contributed by atoms with Crippen molar-refractivity contribution >= 4 is 23.3 Å². The number of phenols is 1. The van der Waals surface area contributed by atoms with Crippen LogP contribution in [0.2, 0.25) is 0 Å². The number of rotatable bonds is 6. The van der Waals surface area contributed by atoms with Crippen LogP contribution in [0.5, 0.6) is 5.75 Å². The minimum Gasteiger partial charge on any atom is -0.497 e. The molecule has 0 aliphatic rings. The van der Waals surface area contributed by atoms with Crippen molar-refractivity contribution in [3.8, 4) is 5.75 Å². The Morgan fingerprint density at radius 2 is 1.68 bits per heavy atom. The van der Waals surface area contributed by atoms with Gasteiger partial charge in [0, 0.05) is 25.5 Å². The fourth-order valence-electron chi connectivity index (χ4n) is 1.74. The Bertz CT molecular complexity index is 622. The summed E-state index contributed by atoms with van der Waals surface area (Å²) in [6.45, 7) is 1.08. The Balaban J connectivity index is 3.29. The van der Waals surface area contributed by atoms with Crippen LogP contribution in [0.3, 0.4) is 0 Å². The lowest BCUT2D eigenvalue weighted by atomic mass is 10.0. The summed E-state index contributed by atoms with van der Waals surface area (Å²) in [5.41, 5.74) is -1.93. The van der Waals surface area contributed by atoms with Crippen LogP contribution in [0.25, 0.3) is 0 Å². The highest BCUT2D eigenvalue weighted by atomic mass is 16.6. The van der Waals surface area contributed by atoms with E-state index in [4.69, 9.17) is 5.11 Å². The molecule has 0 spiro atoms. The standard InChI is InChI=1S/C11H11N3O8/c1-5(15)12-7(11(17)18)2-6-3-8(13(19)20)10(16)9(4-6)14(21)22/h3-4,7,16H,2H2,1H3,(H,12,15)(H,17,18)/t7-/m0/s1. The summed E-state index contributed by atoms with van der Waals surface area (Å²) in [6, 6.07) is 0.224. The first-order chi connectivity index (χ1) is 10.1. The van der Waals surface area contributed by atoms with E-state index >= 15 is 0 Å². The largest absolute Gasteiger partial charge is 0.497 e. The number of nitro groups is 2. The maximum absolute atomic E-state index is 11.0. The molecule has 1 aromatic carbocycles. The minimum atomic E-state index is -1.42. The second-order valence-corrected chi connectivity index (χ2v) is 4.29. The Labute approximate surface area is 122 Å². The summed E-state index contributed by atoms with van der Waals surface area (Å²) in [5.74, 6) is -3.17. The molecule has 0 heterocycles. The molecular formula is C11H11N3O8. The topological polar surface area (TPSA) is 173 Å². The molecule has 0 bridgehead atoms. The normalized spacial score (nSPS) is 11.5. The molecule has 0 aliphatic carbocycles. The molecule has 0 aromatic heterocycles. The average molecular weight is 313 g/mol. The van der Waals surface area contributed by atoms with E-state index in [2.05, 4.69) is 5.32 Å². The van der Waals surface area contributed by atoms with Crippen LogP contribution in [-0.4, -0.2) is 38.0 Å². The number of carbonyl (C=O) groups is 2. The molecule has 1 amide bonds. The number of benzene rings is 1. The van der Waals surface area contributed by atoms with E-state index in [1.165, 1.54) is 0 Å². The molecule has 1 atom stereocenters. The molecule has 0 saturated heterocycles. The number of carboxylic acids is 1. The van der Waals surface area contributed by atoms with Crippen molar-refractivity contribution in [2.45, 2.75) is 19.4 Å². The van der Waals surface area contributed by atoms with Crippen molar-refractivity contribution in [3.05, 3.63) is 37.9 Å². The Morgan fingerprint density at radius 1 is 1.23 bits per heavy atom. The summed E-state index contributed by atoms with van der Waals surface area (Å²) in [5, 5.41) is 42.1. The van der Waals surface area contributed by atoms with Gasteiger partial charge in [-0.15, -0.1) is 0 Å². The molecule has 11 heteroatoms. The van der Waals surface area contributed by atoms with Gasteiger partial charge >= 0.3 is 17.3 Å². The zero-order chi connectivity index (χ0) is 17.0. The van der Waals surface area contributed by atoms with Crippen LogP contribution in [0.15, 0.2) is 12.1 Å². The molecule has 118 valence electrons. The highest BCUT2D eigenvalue weighted by molar-refractivity contribution is 5.82. The number of carbonyl (C=O) groups excluding carboxylic acids is 1. The molecule has 1 aromatic rings. The molecule has 0 aliphatic heterocycles. The number of nitrogens with one attached hydrogen (secondary N) is 1. The quantitative estimate of drug-likeness (QED) is 0.497. The second kappa shape index (κ2) is 6.47. The van der Waals surface area contributed by atoms with Gasteiger partial charge in [0.1, 0.15) is 6.04 Å². The maximum atomic E-state index is 11.0. The third-order valence-electron chi connectivity index (χ3n) is 2.64. The van der Waals surface area contributed by atoms with Crippen molar-refractivity contribution in [3.63, 3.8) is 0 Å². The summed E-state index contributed by atoms with van der Waals surface area (Å²) in [4.78, 5) is 41.4. The number of phenolic OH excluding ortho intramolecular Hbond substituents is 1. The van der Waals surface area contributed by atoms with Gasteiger partial charge in [-0.05, 0) is 5.56 Å². The number of carboxylic acid groups (broad SMARTS) is 1. The SMILES string of the molecule is CC(=O)N[C@@H](Cc1cc([N+](=O)[O-])c(O)c([N+](=O)[O-])c1)C(=O)O. The molecular weight excluding hydrogens is 302 g/mol. The Hall–Kier alpha value is -3.24. The van der Waals surface area contributed by atoms with E-state index in [0.29, 0.717) is 0 Å². The first kappa shape index (κ1) is 16.8. The van der Waals surface area contributed by atoms with Gasteiger partial charge in [0.15, 0.2) is 0 Å². The number of aromatic hydroxyl groups is 1. The lowest BCUT2D eigenvalue weighted by Crippen LogP contribution is -2.41. The van der Waals surface area contributed by atoms with Crippen molar-refractivity contribution in [2.75, 3.05) is 0 Å². The second-order valence-electron chi connectivity index (χ2n) is 4.29. The van der Waals surface area contributed by atoms with Crippen LogP contribution in [-0.2, 0) is 16.0 Å². The summed E-state index contributed by atoms with van der Waals surface area (Å²) >= 11 is 0. The first-order valence-corrected chi connectivity index (χ1v) is 5.78. The minimum absolute atomic E-state index is 0.0858. The van der Waals surface area contributed by atoms with Crippen molar-refractivity contribution < 1.29 is 29.6 Å².